The summed E-state index contributed by atoms with van der Waals surface area (Å²) in [6.07, 6.45) is 5.17. The van der Waals surface area contributed by atoms with Gasteiger partial charge in [-0.25, -0.2) is 4.39 Å². The Bertz CT molecular complexity index is 205. The van der Waals surface area contributed by atoms with Gasteiger partial charge in [-0.15, -0.1) is 0 Å². The molecule has 0 aromatic heterocycles. The molecular formula is C8H10FN. The molecule has 10 heavy (non-hydrogen) atoms. The Labute approximate surface area is 59.6 Å². The standard InChI is InChI=1S/C8H10FN/c9-8-7-4-2-1-3-6(7)5-10-8/h2,4,8,10H,1,3,5H2. The van der Waals surface area contributed by atoms with E-state index < -0.39 is 6.30 Å². The van der Waals surface area contributed by atoms with Crippen LogP contribution in [0.15, 0.2) is 23.3 Å². The summed E-state index contributed by atoms with van der Waals surface area (Å²) in [5.74, 6) is 0. The van der Waals surface area contributed by atoms with Gasteiger partial charge in [-0.05, 0) is 18.4 Å². The fourth-order valence-electron chi connectivity index (χ4n) is 1.51. The molecule has 1 heterocycles. The zero-order chi connectivity index (χ0) is 6.97. The number of rotatable bonds is 0. The molecule has 0 saturated heterocycles. The number of nitrogens with one attached hydrogen (secondary N) is 1. The van der Waals surface area contributed by atoms with Gasteiger partial charge in [0.05, 0.1) is 0 Å². The molecule has 1 aliphatic heterocycles. The Morgan fingerprint density at radius 3 is 3.30 bits per heavy atom. The Kier molecular flexibility index (Phi) is 1.34. The van der Waals surface area contributed by atoms with Gasteiger partial charge in [0, 0.05) is 12.1 Å². The molecule has 1 atom stereocenters. The highest BCUT2D eigenvalue weighted by Crippen LogP contribution is 2.25. The summed E-state index contributed by atoms with van der Waals surface area (Å²) in [4.78, 5) is 0. The fraction of sp³-hybridized carbons (Fsp3) is 0.500. The summed E-state index contributed by atoms with van der Waals surface area (Å²) in [6, 6.07) is 0. The van der Waals surface area contributed by atoms with Crippen LogP contribution in [-0.4, -0.2) is 12.8 Å². The van der Waals surface area contributed by atoms with Crippen molar-refractivity contribution in [1.29, 1.82) is 0 Å². The lowest BCUT2D eigenvalue weighted by Gasteiger charge is -2.06. The van der Waals surface area contributed by atoms with Crippen molar-refractivity contribution >= 4 is 0 Å². The van der Waals surface area contributed by atoms with Crippen molar-refractivity contribution in [2.45, 2.75) is 19.1 Å². The van der Waals surface area contributed by atoms with Gasteiger partial charge < -0.3 is 0 Å². The number of hydrogen-bond donors (Lipinski definition) is 1. The van der Waals surface area contributed by atoms with E-state index in [1.807, 2.05) is 12.2 Å². The van der Waals surface area contributed by atoms with Crippen molar-refractivity contribution in [3.63, 3.8) is 0 Å². The third-order valence-electron chi connectivity index (χ3n) is 2.09. The van der Waals surface area contributed by atoms with Crippen LogP contribution in [0.1, 0.15) is 12.8 Å². The van der Waals surface area contributed by atoms with E-state index in [2.05, 4.69) is 5.32 Å². The molecule has 1 aliphatic carbocycles. The van der Waals surface area contributed by atoms with Gasteiger partial charge >= 0.3 is 0 Å². The molecule has 0 saturated carbocycles. The molecule has 54 valence electrons. The monoisotopic (exact) mass is 139 g/mol. The lowest BCUT2D eigenvalue weighted by atomic mass is 10.0. The summed E-state index contributed by atoms with van der Waals surface area (Å²) in [5, 5.41) is 2.77. The van der Waals surface area contributed by atoms with E-state index in [0.717, 1.165) is 25.0 Å². The Balaban J connectivity index is 2.30. The van der Waals surface area contributed by atoms with Crippen LogP contribution < -0.4 is 5.32 Å². The second-order valence-corrected chi connectivity index (χ2v) is 2.74. The first-order valence-corrected chi connectivity index (χ1v) is 3.64. The molecule has 1 unspecified atom stereocenters. The molecule has 2 heteroatoms. The molecule has 1 nitrogen and oxygen atoms in total. The summed E-state index contributed by atoms with van der Waals surface area (Å²) in [7, 11) is 0. The largest absolute Gasteiger partial charge is 0.280 e. The predicted octanol–water partition coefficient (Wildman–Crippen LogP) is 1.53. The number of hydrogen-bond acceptors (Lipinski definition) is 1. The third-order valence-corrected chi connectivity index (χ3v) is 2.09. The second-order valence-electron chi connectivity index (χ2n) is 2.74. The van der Waals surface area contributed by atoms with E-state index in [9.17, 15) is 4.39 Å². The predicted molar refractivity (Wildman–Crippen MR) is 38.3 cm³/mol. The van der Waals surface area contributed by atoms with Crippen LogP contribution in [0.4, 0.5) is 4.39 Å². The van der Waals surface area contributed by atoms with Crippen molar-refractivity contribution in [2.75, 3.05) is 6.54 Å². The molecule has 0 amide bonds. The van der Waals surface area contributed by atoms with Crippen LogP contribution in [0.25, 0.3) is 0 Å². The molecule has 2 aliphatic rings. The van der Waals surface area contributed by atoms with Crippen LogP contribution in [0, 0.1) is 0 Å². The van der Waals surface area contributed by atoms with E-state index in [-0.39, 0.29) is 0 Å². The molecule has 0 spiro atoms. The third kappa shape index (κ3) is 0.797. The lowest BCUT2D eigenvalue weighted by Crippen LogP contribution is -2.18. The number of allylic oxidation sites excluding steroid dienone is 1. The van der Waals surface area contributed by atoms with Crippen molar-refractivity contribution in [3.8, 4) is 0 Å². The van der Waals surface area contributed by atoms with Gasteiger partial charge in [-0.2, -0.15) is 0 Å². The quantitative estimate of drug-likeness (QED) is 0.502. The molecule has 0 fully saturated rings. The van der Waals surface area contributed by atoms with Crippen molar-refractivity contribution in [3.05, 3.63) is 23.3 Å². The van der Waals surface area contributed by atoms with Gasteiger partial charge in [-0.1, -0.05) is 12.2 Å². The van der Waals surface area contributed by atoms with Gasteiger partial charge in [-0.3, -0.25) is 5.32 Å². The van der Waals surface area contributed by atoms with Crippen molar-refractivity contribution < 1.29 is 4.39 Å². The minimum atomic E-state index is -0.897. The summed E-state index contributed by atoms with van der Waals surface area (Å²) in [5.41, 5.74) is 2.14. The first-order chi connectivity index (χ1) is 4.88. The summed E-state index contributed by atoms with van der Waals surface area (Å²) >= 11 is 0. The van der Waals surface area contributed by atoms with Crippen LogP contribution in [0.5, 0.6) is 0 Å². The average Bonchev–Trinajstić information content (AvgIpc) is 2.34. The smallest absolute Gasteiger partial charge is 0.177 e. The summed E-state index contributed by atoms with van der Waals surface area (Å²) < 4.78 is 12.8. The van der Waals surface area contributed by atoms with Gasteiger partial charge in [0.1, 0.15) is 0 Å². The fourth-order valence-corrected chi connectivity index (χ4v) is 1.51. The highest BCUT2D eigenvalue weighted by atomic mass is 19.1. The van der Waals surface area contributed by atoms with Crippen LogP contribution in [-0.2, 0) is 0 Å². The number of halogens is 1. The maximum atomic E-state index is 12.8. The number of alkyl halides is 1. The van der Waals surface area contributed by atoms with Crippen molar-refractivity contribution in [2.24, 2.45) is 0 Å². The van der Waals surface area contributed by atoms with E-state index in [1.54, 1.807) is 0 Å². The zero-order valence-corrected chi connectivity index (χ0v) is 5.73. The van der Waals surface area contributed by atoms with Crippen LogP contribution in [0.2, 0.25) is 0 Å². The molecule has 2 rings (SSSR count). The van der Waals surface area contributed by atoms with E-state index in [0.29, 0.717) is 0 Å². The Hall–Kier alpha value is -0.630. The minimum absolute atomic E-state index is 0.751. The van der Waals surface area contributed by atoms with E-state index in [4.69, 9.17) is 0 Å². The normalized spacial score (nSPS) is 31.1. The SMILES string of the molecule is FC1NCC2=C1C=CCC2. The maximum absolute atomic E-state index is 12.8. The van der Waals surface area contributed by atoms with Crippen LogP contribution in [0.3, 0.4) is 0 Å². The highest BCUT2D eigenvalue weighted by molar-refractivity contribution is 5.36. The Morgan fingerprint density at radius 1 is 1.60 bits per heavy atom. The molecule has 0 bridgehead atoms. The molecule has 0 aromatic carbocycles. The van der Waals surface area contributed by atoms with Gasteiger partial charge in [0.2, 0.25) is 0 Å². The Morgan fingerprint density at radius 2 is 2.50 bits per heavy atom. The highest BCUT2D eigenvalue weighted by Gasteiger charge is 2.22. The zero-order valence-electron chi connectivity index (χ0n) is 5.73. The first-order valence-electron chi connectivity index (χ1n) is 3.64. The van der Waals surface area contributed by atoms with Crippen LogP contribution >= 0.6 is 0 Å². The molecular weight excluding hydrogens is 129 g/mol. The van der Waals surface area contributed by atoms with Crippen molar-refractivity contribution in [1.82, 2.24) is 5.32 Å². The lowest BCUT2D eigenvalue weighted by molar-refractivity contribution is 0.350. The van der Waals surface area contributed by atoms with Gasteiger partial charge in [0.25, 0.3) is 0 Å². The molecule has 1 N–H and O–H groups in total. The average molecular weight is 139 g/mol. The van der Waals surface area contributed by atoms with E-state index in [1.165, 1.54) is 5.57 Å². The minimum Gasteiger partial charge on any atom is -0.280 e. The first kappa shape index (κ1) is 6.10. The topological polar surface area (TPSA) is 12.0 Å². The molecule has 0 aromatic rings. The maximum Gasteiger partial charge on any atom is 0.177 e. The molecule has 0 radical (unpaired) electrons. The van der Waals surface area contributed by atoms with E-state index >= 15 is 0 Å². The second kappa shape index (κ2) is 2.20. The summed E-state index contributed by atoms with van der Waals surface area (Å²) in [6.45, 7) is 0.751. The van der Waals surface area contributed by atoms with Gasteiger partial charge in [0.15, 0.2) is 6.30 Å².